The average molecular weight is 197 g/mol. The number of aromatic nitrogens is 1. The van der Waals surface area contributed by atoms with Gasteiger partial charge >= 0.3 is 0 Å². The molecular formula is C14H15N. The predicted octanol–water partition coefficient (Wildman–Crippen LogP) is 4.07. The normalized spacial score (nSPS) is 11.3. The molecule has 0 aliphatic rings. The second-order valence-electron chi connectivity index (χ2n) is 3.89. The molecule has 0 amide bonds. The van der Waals surface area contributed by atoms with Crippen molar-refractivity contribution >= 4 is 17.0 Å². The third-order valence-electron chi connectivity index (χ3n) is 2.54. The third kappa shape index (κ3) is 1.86. The molecule has 0 aliphatic carbocycles. The Morgan fingerprint density at radius 3 is 2.73 bits per heavy atom. The van der Waals surface area contributed by atoms with Crippen LogP contribution in [-0.2, 0) is 0 Å². The fourth-order valence-corrected chi connectivity index (χ4v) is 1.70. The number of rotatable bonds is 2. The average Bonchev–Trinajstić information content (AvgIpc) is 2.54. The molecule has 0 saturated carbocycles. The highest BCUT2D eigenvalue weighted by molar-refractivity contribution is 5.86. The van der Waals surface area contributed by atoms with Gasteiger partial charge in [0.05, 0.1) is 0 Å². The molecule has 2 aromatic rings. The monoisotopic (exact) mass is 197 g/mol. The zero-order chi connectivity index (χ0) is 10.8. The van der Waals surface area contributed by atoms with E-state index < -0.39 is 0 Å². The number of fused-ring (bicyclic) bond motifs is 1. The lowest BCUT2D eigenvalue weighted by Gasteiger charge is -1.91. The summed E-state index contributed by atoms with van der Waals surface area (Å²) < 4.78 is 0. The first kappa shape index (κ1) is 9.78. The molecule has 1 N–H and O–H groups in total. The van der Waals surface area contributed by atoms with E-state index in [1.807, 2.05) is 19.1 Å². The molecular weight excluding hydrogens is 182 g/mol. The number of para-hydroxylation sites is 1. The van der Waals surface area contributed by atoms with Crippen LogP contribution in [0.1, 0.15) is 18.2 Å². The van der Waals surface area contributed by atoms with Gasteiger partial charge in [-0.05, 0) is 31.6 Å². The van der Waals surface area contributed by atoms with E-state index in [1.54, 1.807) is 0 Å². The Kier molecular flexibility index (Phi) is 2.46. The van der Waals surface area contributed by atoms with E-state index in [0.29, 0.717) is 0 Å². The number of hydrogen-bond donors (Lipinski definition) is 1. The summed E-state index contributed by atoms with van der Waals surface area (Å²) in [7, 11) is 0. The molecule has 0 bridgehead atoms. The van der Waals surface area contributed by atoms with E-state index in [-0.39, 0.29) is 0 Å². The molecule has 1 heteroatoms. The number of aromatic amines is 1. The summed E-state index contributed by atoms with van der Waals surface area (Å²) in [6.07, 6.45) is 4.11. The van der Waals surface area contributed by atoms with E-state index in [1.165, 1.54) is 22.2 Å². The lowest BCUT2D eigenvalue weighted by atomic mass is 10.1. The minimum atomic E-state index is 1.06. The van der Waals surface area contributed by atoms with E-state index in [9.17, 15) is 0 Å². The Balaban J connectivity index is 2.53. The molecule has 15 heavy (non-hydrogen) atoms. The third-order valence-corrected chi connectivity index (χ3v) is 2.54. The Morgan fingerprint density at radius 2 is 2.07 bits per heavy atom. The van der Waals surface area contributed by atoms with Crippen LogP contribution in [0.2, 0.25) is 0 Å². The fraction of sp³-hybridized carbons (Fsp3) is 0.143. The minimum absolute atomic E-state index is 1.06. The van der Waals surface area contributed by atoms with E-state index in [2.05, 4.69) is 42.8 Å². The summed E-state index contributed by atoms with van der Waals surface area (Å²) in [5.41, 5.74) is 4.71. The van der Waals surface area contributed by atoms with Gasteiger partial charge < -0.3 is 4.98 Å². The first-order valence-corrected chi connectivity index (χ1v) is 5.09. The summed E-state index contributed by atoms with van der Waals surface area (Å²) in [4.78, 5) is 3.39. The van der Waals surface area contributed by atoms with E-state index in [0.717, 1.165) is 5.57 Å². The topological polar surface area (TPSA) is 15.8 Å². The summed E-state index contributed by atoms with van der Waals surface area (Å²) >= 11 is 0. The van der Waals surface area contributed by atoms with Gasteiger partial charge in [-0.1, -0.05) is 36.4 Å². The SMILES string of the molecule is C=C(C)/C=C/c1[nH]c2ccccc2c1C. The Morgan fingerprint density at radius 1 is 1.33 bits per heavy atom. The van der Waals surface area contributed by atoms with Crippen LogP contribution in [0.25, 0.3) is 17.0 Å². The Bertz CT molecular complexity index is 529. The summed E-state index contributed by atoms with van der Waals surface area (Å²) in [6, 6.07) is 8.35. The maximum atomic E-state index is 3.85. The van der Waals surface area contributed by atoms with Crippen LogP contribution in [-0.4, -0.2) is 4.98 Å². The number of nitrogens with one attached hydrogen (secondary N) is 1. The summed E-state index contributed by atoms with van der Waals surface area (Å²) in [6.45, 7) is 7.98. The first-order chi connectivity index (χ1) is 7.18. The van der Waals surface area contributed by atoms with Crippen LogP contribution >= 0.6 is 0 Å². The number of aryl methyl sites for hydroxylation is 1. The molecule has 0 atom stereocenters. The molecule has 2 rings (SSSR count). The lowest BCUT2D eigenvalue weighted by Crippen LogP contribution is -1.74. The van der Waals surface area contributed by atoms with Gasteiger partial charge in [-0.3, -0.25) is 0 Å². The second kappa shape index (κ2) is 3.77. The van der Waals surface area contributed by atoms with Crippen molar-refractivity contribution in [2.24, 2.45) is 0 Å². The van der Waals surface area contributed by atoms with Gasteiger partial charge in [0.2, 0.25) is 0 Å². The van der Waals surface area contributed by atoms with Crippen LogP contribution in [0.3, 0.4) is 0 Å². The van der Waals surface area contributed by atoms with Crippen molar-refractivity contribution in [1.82, 2.24) is 4.98 Å². The van der Waals surface area contributed by atoms with Crippen LogP contribution in [0.15, 0.2) is 42.5 Å². The van der Waals surface area contributed by atoms with Crippen LogP contribution in [0.4, 0.5) is 0 Å². The fourth-order valence-electron chi connectivity index (χ4n) is 1.70. The quantitative estimate of drug-likeness (QED) is 0.699. The zero-order valence-corrected chi connectivity index (χ0v) is 9.17. The van der Waals surface area contributed by atoms with Crippen LogP contribution in [0, 0.1) is 6.92 Å². The Labute approximate surface area is 90.1 Å². The van der Waals surface area contributed by atoms with Gasteiger partial charge in [0.25, 0.3) is 0 Å². The summed E-state index contributed by atoms with van der Waals surface area (Å²) in [5.74, 6) is 0. The number of allylic oxidation sites excluding steroid dienone is 2. The van der Waals surface area contributed by atoms with Crippen LogP contribution in [0.5, 0.6) is 0 Å². The highest BCUT2D eigenvalue weighted by Gasteiger charge is 2.03. The van der Waals surface area contributed by atoms with Crippen molar-refractivity contribution in [2.45, 2.75) is 13.8 Å². The van der Waals surface area contributed by atoms with Gasteiger partial charge in [-0.25, -0.2) is 0 Å². The number of H-pyrrole nitrogens is 1. The van der Waals surface area contributed by atoms with Gasteiger partial charge in [-0.2, -0.15) is 0 Å². The molecule has 0 fully saturated rings. The minimum Gasteiger partial charge on any atom is -0.355 e. The molecule has 1 heterocycles. The van der Waals surface area contributed by atoms with Gasteiger partial charge in [0.1, 0.15) is 0 Å². The van der Waals surface area contributed by atoms with Gasteiger partial charge in [0, 0.05) is 16.6 Å². The van der Waals surface area contributed by atoms with Gasteiger partial charge in [0.15, 0.2) is 0 Å². The van der Waals surface area contributed by atoms with E-state index in [4.69, 9.17) is 0 Å². The standard InChI is InChI=1S/C14H15N/c1-10(2)8-9-13-11(3)12-6-4-5-7-14(12)15-13/h4-9,15H,1H2,2-3H3/b9-8+. The maximum Gasteiger partial charge on any atom is 0.0461 e. The molecule has 0 saturated heterocycles. The summed E-state index contributed by atoms with van der Waals surface area (Å²) in [5, 5.41) is 1.29. The predicted molar refractivity (Wildman–Crippen MR) is 66.9 cm³/mol. The molecule has 1 nitrogen and oxygen atoms in total. The molecule has 0 aliphatic heterocycles. The van der Waals surface area contributed by atoms with Crippen molar-refractivity contribution in [3.05, 3.63) is 53.8 Å². The molecule has 0 unspecified atom stereocenters. The smallest absolute Gasteiger partial charge is 0.0461 e. The lowest BCUT2D eigenvalue weighted by molar-refractivity contribution is 1.37. The Hall–Kier alpha value is -1.76. The first-order valence-electron chi connectivity index (χ1n) is 5.09. The largest absolute Gasteiger partial charge is 0.355 e. The zero-order valence-electron chi connectivity index (χ0n) is 9.17. The highest BCUT2D eigenvalue weighted by atomic mass is 14.7. The maximum absolute atomic E-state index is 3.85. The van der Waals surface area contributed by atoms with Gasteiger partial charge in [-0.15, -0.1) is 0 Å². The number of hydrogen-bond acceptors (Lipinski definition) is 0. The molecule has 0 spiro atoms. The van der Waals surface area contributed by atoms with Crippen LogP contribution < -0.4 is 0 Å². The molecule has 0 radical (unpaired) electrons. The van der Waals surface area contributed by atoms with Crippen molar-refractivity contribution in [3.63, 3.8) is 0 Å². The van der Waals surface area contributed by atoms with Crippen molar-refractivity contribution < 1.29 is 0 Å². The van der Waals surface area contributed by atoms with Crippen molar-refractivity contribution in [3.8, 4) is 0 Å². The highest BCUT2D eigenvalue weighted by Crippen LogP contribution is 2.22. The molecule has 76 valence electrons. The number of benzene rings is 1. The molecule has 1 aromatic heterocycles. The van der Waals surface area contributed by atoms with Crippen molar-refractivity contribution in [2.75, 3.05) is 0 Å². The van der Waals surface area contributed by atoms with E-state index >= 15 is 0 Å². The van der Waals surface area contributed by atoms with Crippen molar-refractivity contribution in [1.29, 1.82) is 0 Å². The molecule has 1 aromatic carbocycles. The second-order valence-corrected chi connectivity index (χ2v) is 3.89.